The van der Waals surface area contributed by atoms with Crippen molar-refractivity contribution in [2.75, 3.05) is 40.4 Å². The van der Waals surface area contributed by atoms with E-state index < -0.39 is 11.9 Å². The first kappa shape index (κ1) is 26.7. The van der Waals surface area contributed by atoms with Crippen LogP contribution in [0.4, 0.5) is 0 Å². The summed E-state index contributed by atoms with van der Waals surface area (Å²) in [5.74, 6) is -1.93. The number of nitrogens with zero attached hydrogens (tertiary/aromatic N) is 2. The number of carbonyl (C=O) groups is 2. The van der Waals surface area contributed by atoms with E-state index in [2.05, 4.69) is 76.5 Å². The highest BCUT2D eigenvalue weighted by atomic mass is 16.5. The molecule has 3 aromatic carbocycles. The van der Waals surface area contributed by atoms with Gasteiger partial charge in [-0.15, -0.1) is 0 Å². The van der Waals surface area contributed by atoms with Gasteiger partial charge in [0.05, 0.1) is 20.3 Å². The van der Waals surface area contributed by atoms with E-state index in [1.54, 1.807) is 14.2 Å². The lowest BCUT2D eigenvalue weighted by Crippen LogP contribution is -2.47. The predicted octanol–water partition coefficient (Wildman–Crippen LogP) is 3.77. The quantitative estimate of drug-likeness (QED) is 0.481. The number of aliphatic carboxylic acids is 2. The van der Waals surface area contributed by atoms with Crippen molar-refractivity contribution in [3.63, 3.8) is 0 Å². The van der Waals surface area contributed by atoms with Crippen LogP contribution >= 0.6 is 0 Å². The highest BCUT2D eigenvalue weighted by Crippen LogP contribution is 2.30. The van der Waals surface area contributed by atoms with Crippen LogP contribution in [0.5, 0.6) is 11.5 Å². The van der Waals surface area contributed by atoms with Crippen molar-refractivity contribution in [1.82, 2.24) is 9.80 Å². The van der Waals surface area contributed by atoms with Crippen LogP contribution in [0.2, 0.25) is 0 Å². The number of hydrogen-bond donors (Lipinski definition) is 2. The summed E-state index contributed by atoms with van der Waals surface area (Å²) in [6.45, 7) is 5.03. The molecule has 1 saturated heterocycles. The van der Waals surface area contributed by atoms with Crippen molar-refractivity contribution < 1.29 is 29.3 Å². The lowest BCUT2D eigenvalue weighted by atomic mass is 9.96. The third-order valence-corrected chi connectivity index (χ3v) is 6.07. The number of piperazine rings is 1. The fraction of sp³-hybridized carbons (Fsp3) is 0.286. The molecule has 0 spiro atoms. The molecule has 1 aliphatic heterocycles. The minimum Gasteiger partial charge on any atom is -0.497 e. The largest absolute Gasteiger partial charge is 0.497 e. The molecule has 4 rings (SSSR count). The van der Waals surface area contributed by atoms with Crippen LogP contribution in [-0.4, -0.2) is 72.4 Å². The Morgan fingerprint density at radius 2 is 1.31 bits per heavy atom. The zero-order chi connectivity index (χ0) is 25.9. The molecule has 0 bridgehead atoms. The van der Waals surface area contributed by atoms with Gasteiger partial charge in [-0.05, 0) is 17.2 Å². The molecule has 0 aromatic heterocycles. The van der Waals surface area contributed by atoms with E-state index in [9.17, 15) is 0 Å². The summed E-state index contributed by atoms with van der Waals surface area (Å²) >= 11 is 0. The van der Waals surface area contributed by atoms with Gasteiger partial charge in [-0.3, -0.25) is 9.80 Å². The van der Waals surface area contributed by atoms with Crippen molar-refractivity contribution in [2.45, 2.75) is 12.6 Å². The van der Waals surface area contributed by atoms with Crippen LogP contribution in [-0.2, 0) is 16.1 Å². The van der Waals surface area contributed by atoms with Crippen molar-refractivity contribution in [3.8, 4) is 11.5 Å². The van der Waals surface area contributed by atoms with E-state index in [4.69, 9.17) is 29.3 Å². The van der Waals surface area contributed by atoms with Gasteiger partial charge in [-0.1, -0.05) is 66.7 Å². The van der Waals surface area contributed by atoms with Gasteiger partial charge in [0, 0.05) is 44.4 Å². The molecule has 0 amide bonds. The third-order valence-electron chi connectivity index (χ3n) is 6.07. The average Bonchev–Trinajstić information content (AvgIpc) is 2.91. The number of carboxylic acids is 2. The lowest BCUT2D eigenvalue weighted by molar-refractivity contribution is -0.159. The molecule has 8 nitrogen and oxygen atoms in total. The second-order valence-corrected chi connectivity index (χ2v) is 8.32. The van der Waals surface area contributed by atoms with E-state index in [-0.39, 0.29) is 0 Å². The van der Waals surface area contributed by atoms with Crippen LogP contribution in [0.25, 0.3) is 0 Å². The Kier molecular flexibility index (Phi) is 9.85. The second-order valence-electron chi connectivity index (χ2n) is 8.32. The Bertz CT molecular complexity index is 1060. The Morgan fingerprint density at radius 3 is 1.75 bits per heavy atom. The van der Waals surface area contributed by atoms with Crippen LogP contribution in [0.1, 0.15) is 22.7 Å². The highest BCUT2D eigenvalue weighted by molar-refractivity contribution is 6.27. The molecule has 1 fully saturated rings. The zero-order valence-electron chi connectivity index (χ0n) is 20.5. The predicted molar refractivity (Wildman–Crippen MR) is 136 cm³/mol. The SMILES string of the molecule is COc1ccc(CN2CCN(C(c3ccccc3)c3ccccc3)CC2)c(OC)c1.O=C(O)C(=O)O. The maximum Gasteiger partial charge on any atom is 0.414 e. The molecule has 2 N–H and O–H groups in total. The maximum atomic E-state index is 9.10. The van der Waals surface area contributed by atoms with Gasteiger partial charge in [0.15, 0.2) is 0 Å². The van der Waals surface area contributed by atoms with E-state index in [1.807, 2.05) is 12.1 Å². The fourth-order valence-electron chi connectivity index (χ4n) is 4.29. The summed E-state index contributed by atoms with van der Waals surface area (Å²) in [6.07, 6.45) is 0. The molecule has 0 saturated carbocycles. The Hall–Kier alpha value is -3.88. The van der Waals surface area contributed by atoms with Crippen LogP contribution in [0.3, 0.4) is 0 Å². The number of ether oxygens (including phenoxy) is 2. The van der Waals surface area contributed by atoms with Gasteiger partial charge in [-0.25, -0.2) is 9.59 Å². The fourth-order valence-corrected chi connectivity index (χ4v) is 4.29. The number of benzene rings is 3. The van der Waals surface area contributed by atoms with Gasteiger partial charge in [0.1, 0.15) is 11.5 Å². The number of carboxylic acid groups (broad SMARTS) is 2. The molecule has 0 radical (unpaired) electrons. The minimum atomic E-state index is -1.82. The van der Waals surface area contributed by atoms with Crippen LogP contribution in [0, 0.1) is 0 Å². The molecule has 0 unspecified atom stereocenters. The summed E-state index contributed by atoms with van der Waals surface area (Å²) in [5, 5.41) is 14.8. The molecule has 1 aliphatic rings. The van der Waals surface area contributed by atoms with Crippen molar-refractivity contribution in [2.24, 2.45) is 0 Å². The Labute approximate surface area is 211 Å². The molecular formula is C28H32N2O6. The number of hydrogen-bond acceptors (Lipinski definition) is 6. The van der Waals surface area contributed by atoms with E-state index in [1.165, 1.54) is 16.7 Å². The van der Waals surface area contributed by atoms with Gasteiger partial charge < -0.3 is 19.7 Å². The summed E-state index contributed by atoms with van der Waals surface area (Å²) in [7, 11) is 3.41. The van der Waals surface area contributed by atoms with E-state index >= 15 is 0 Å². The molecule has 36 heavy (non-hydrogen) atoms. The Morgan fingerprint density at radius 1 is 0.778 bits per heavy atom. The van der Waals surface area contributed by atoms with Gasteiger partial charge >= 0.3 is 11.9 Å². The van der Waals surface area contributed by atoms with Gasteiger partial charge in [0.2, 0.25) is 0 Å². The van der Waals surface area contributed by atoms with Crippen molar-refractivity contribution >= 4 is 11.9 Å². The molecular weight excluding hydrogens is 460 g/mol. The molecule has 3 aromatic rings. The minimum absolute atomic E-state index is 0.296. The maximum absolute atomic E-state index is 9.10. The normalized spacial score (nSPS) is 14.0. The summed E-state index contributed by atoms with van der Waals surface area (Å²) in [5.41, 5.74) is 3.91. The lowest BCUT2D eigenvalue weighted by Gasteiger charge is -2.40. The molecule has 1 heterocycles. The molecule has 190 valence electrons. The second kappa shape index (κ2) is 13.3. The van der Waals surface area contributed by atoms with E-state index in [0.717, 1.165) is 44.2 Å². The first-order valence-corrected chi connectivity index (χ1v) is 11.7. The molecule has 0 atom stereocenters. The monoisotopic (exact) mass is 492 g/mol. The van der Waals surface area contributed by atoms with E-state index in [0.29, 0.717) is 6.04 Å². The molecule has 8 heteroatoms. The third kappa shape index (κ3) is 7.31. The van der Waals surface area contributed by atoms with Gasteiger partial charge in [-0.2, -0.15) is 0 Å². The summed E-state index contributed by atoms with van der Waals surface area (Å²) < 4.78 is 10.9. The topological polar surface area (TPSA) is 99.5 Å². The zero-order valence-corrected chi connectivity index (χ0v) is 20.5. The first-order chi connectivity index (χ1) is 17.4. The first-order valence-electron chi connectivity index (χ1n) is 11.7. The standard InChI is InChI=1S/C26H30N2O2.C2H2O4/c1-29-24-14-13-23(25(19-24)30-2)20-27-15-17-28(18-16-27)26(21-9-5-3-6-10-21)22-11-7-4-8-12-22;3-1(4)2(5)6/h3-14,19,26H,15-18,20H2,1-2H3;(H,3,4)(H,5,6). The van der Waals surface area contributed by atoms with Gasteiger partial charge in [0.25, 0.3) is 0 Å². The number of rotatable bonds is 7. The number of methoxy groups -OCH3 is 2. The molecule has 0 aliphatic carbocycles. The smallest absolute Gasteiger partial charge is 0.414 e. The average molecular weight is 493 g/mol. The van der Waals surface area contributed by atoms with Crippen molar-refractivity contribution in [1.29, 1.82) is 0 Å². The van der Waals surface area contributed by atoms with Crippen LogP contribution < -0.4 is 9.47 Å². The highest BCUT2D eigenvalue weighted by Gasteiger charge is 2.26. The Balaban J connectivity index is 0.000000538. The summed E-state index contributed by atoms with van der Waals surface area (Å²) in [6, 6.07) is 28.1. The van der Waals surface area contributed by atoms with Crippen LogP contribution in [0.15, 0.2) is 78.9 Å². The van der Waals surface area contributed by atoms with Crippen molar-refractivity contribution in [3.05, 3.63) is 95.6 Å². The summed E-state index contributed by atoms with van der Waals surface area (Å²) in [4.78, 5) is 23.3.